The highest BCUT2D eigenvalue weighted by atomic mass is 32.2. The number of amides is 1. The van der Waals surface area contributed by atoms with Gasteiger partial charge < -0.3 is 5.32 Å². The predicted molar refractivity (Wildman–Crippen MR) is 82.6 cm³/mol. The largest absolute Gasteiger partial charge is 0.301 e. The number of hydrogen-bond acceptors (Lipinski definition) is 5. The van der Waals surface area contributed by atoms with Crippen LogP contribution in [-0.4, -0.2) is 22.4 Å². The molecule has 0 aliphatic heterocycles. The molecule has 0 atom stereocenters. The molecule has 1 N–H and O–H groups in total. The number of thioether (sulfide) groups is 1. The van der Waals surface area contributed by atoms with Gasteiger partial charge in [0.05, 0.1) is 11.4 Å². The van der Waals surface area contributed by atoms with Gasteiger partial charge >= 0.3 is 0 Å². The van der Waals surface area contributed by atoms with Crippen molar-refractivity contribution in [1.29, 1.82) is 0 Å². The molecule has 1 amide bonds. The van der Waals surface area contributed by atoms with Crippen molar-refractivity contribution >= 4 is 39.9 Å². The van der Waals surface area contributed by atoms with E-state index in [2.05, 4.69) is 10.3 Å². The highest BCUT2D eigenvalue weighted by Gasteiger charge is 2.10. The number of thiazole rings is 1. The fraction of sp³-hybridized carbons (Fsp3) is 0.214. The first-order chi connectivity index (χ1) is 9.95. The van der Waals surface area contributed by atoms with Gasteiger partial charge in [-0.2, -0.15) is 0 Å². The summed E-state index contributed by atoms with van der Waals surface area (Å²) < 4.78 is 13.8. The number of anilines is 1. The van der Waals surface area contributed by atoms with E-state index in [0.717, 1.165) is 17.5 Å². The number of ketones is 1. The molecule has 1 aromatic carbocycles. The number of benzene rings is 1. The summed E-state index contributed by atoms with van der Waals surface area (Å²) in [6.45, 7) is 3.22. The van der Waals surface area contributed by atoms with E-state index >= 15 is 0 Å². The Kier molecular flexibility index (Phi) is 5.08. The number of Topliss-reactive ketones (excluding diaryl/α,β-unsaturated/α-hetero) is 1. The van der Waals surface area contributed by atoms with Gasteiger partial charge in [-0.1, -0.05) is 6.07 Å². The minimum absolute atomic E-state index is 0.0783. The topological polar surface area (TPSA) is 59.1 Å². The zero-order valence-corrected chi connectivity index (χ0v) is 13.1. The van der Waals surface area contributed by atoms with Crippen LogP contribution in [0.1, 0.15) is 23.0 Å². The number of nitrogens with zero attached hydrogens (tertiary/aromatic N) is 1. The maximum absolute atomic E-state index is 13.8. The van der Waals surface area contributed by atoms with Gasteiger partial charge in [0.2, 0.25) is 5.91 Å². The first-order valence-corrected chi connectivity index (χ1v) is 7.97. The Bertz CT molecular complexity index is 685. The minimum atomic E-state index is -0.495. The Labute approximate surface area is 129 Å². The van der Waals surface area contributed by atoms with E-state index in [-0.39, 0.29) is 17.4 Å². The van der Waals surface area contributed by atoms with Crippen LogP contribution >= 0.6 is 23.1 Å². The number of nitrogens with one attached hydrogen (secondary N) is 1. The van der Waals surface area contributed by atoms with Crippen LogP contribution in [-0.2, 0) is 4.79 Å². The summed E-state index contributed by atoms with van der Waals surface area (Å²) in [5.41, 5.74) is 1.16. The molecule has 2 rings (SSSR count). The molecular weight excluding hydrogens is 311 g/mol. The molecule has 2 aromatic rings. The first kappa shape index (κ1) is 15.7. The van der Waals surface area contributed by atoms with Crippen LogP contribution in [0.4, 0.5) is 9.52 Å². The third-order valence-corrected chi connectivity index (χ3v) is 4.49. The average Bonchev–Trinajstić information content (AvgIpc) is 2.82. The van der Waals surface area contributed by atoms with Gasteiger partial charge in [-0.15, -0.1) is 23.1 Å². The number of halogens is 1. The number of rotatable bonds is 5. The Hall–Kier alpha value is -1.73. The van der Waals surface area contributed by atoms with Crippen molar-refractivity contribution in [1.82, 2.24) is 4.98 Å². The van der Waals surface area contributed by atoms with Crippen LogP contribution in [0.15, 0.2) is 28.5 Å². The van der Waals surface area contributed by atoms with E-state index in [0.29, 0.717) is 15.6 Å². The number of aryl methyl sites for hydroxylation is 1. The van der Waals surface area contributed by atoms with Gasteiger partial charge in [0.15, 0.2) is 10.9 Å². The second kappa shape index (κ2) is 6.82. The van der Waals surface area contributed by atoms with E-state index in [1.165, 1.54) is 30.4 Å². The van der Waals surface area contributed by atoms with Crippen molar-refractivity contribution < 1.29 is 14.0 Å². The standard InChI is InChI=1S/C14H13FN2O2S2/c1-8-6-21-14(16-8)17-13(19)7-20-12-4-3-10(9(2)18)5-11(12)15/h3-6H,7H2,1-2H3,(H,16,17,19). The minimum Gasteiger partial charge on any atom is -0.301 e. The summed E-state index contributed by atoms with van der Waals surface area (Å²) in [6, 6.07) is 4.25. The summed E-state index contributed by atoms with van der Waals surface area (Å²) in [5, 5.41) is 5.02. The van der Waals surface area contributed by atoms with Crippen molar-refractivity contribution in [3.05, 3.63) is 40.7 Å². The molecular formula is C14H13FN2O2S2. The van der Waals surface area contributed by atoms with E-state index in [4.69, 9.17) is 0 Å². The number of hydrogen-bond donors (Lipinski definition) is 1. The Morgan fingerprint density at radius 1 is 1.43 bits per heavy atom. The first-order valence-electron chi connectivity index (χ1n) is 6.11. The average molecular weight is 324 g/mol. The molecule has 4 nitrogen and oxygen atoms in total. The van der Waals surface area contributed by atoms with Crippen molar-refractivity contribution in [2.45, 2.75) is 18.7 Å². The lowest BCUT2D eigenvalue weighted by molar-refractivity contribution is -0.113. The molecule has 0 aliphatic carbocycles. The van der Waals surface area contributed by atoms with E-state index in [1.807, 2.05) is 12.3 Å². The predicted octanol–water partition coefficient (Wildman–Crippen LogP) is 3.52. The summed E-state index contributed by atoms with van der Waals surface area (Å²) in [6.07, 6.45) is 0. The smallest absolute Gasteiger partial charge is 0.236 e. The highest BCUT2D eigenvalue weighted by Crippen LogP contribution is 2.23. The van der Waals surface area contributed by atoms with Crippen LogP contribution in [0, 0.1) is 12.7 Å². The van der Waals surface area contributed by atoms with Crippen molar-refractivity contribution in [2.75, 3.05) is 11.1 Å². The van der Waals surface area contributed by atoms with Crippen LogP contribution < -0.4 is 5.32 Å². The molecule has 1 heterocycles. The summed E-state index contributed by atoms with van der Waals surface area (Å²) in [4.78, 5) is 27.3. The number of carbonyl (C=O) groups is 2. The molecule has 7 heteroatoms. The monoisotopic (exact) mass is 324 g/mol. The van der Waals surface area contributed by atoms with Gasteiger partial charge in [0, 0.05) is 15.8 Å². The molecule has 110 valence electrons. The molecule has 0 saturated carbocycles. The van der Waals surface area contributed by atoms with E-state index in [1.54, 1.807) is 6.07 Å². The molecule has 1 aromatic heterocycles. The van der Waals surface area contributed by atoms with Crippen molar-refractivity contribution in [2.24, 2.45) is 0 Å². The quantitative estimate of drug-likeness (QED) is 0.675. The van der Waals surface area contributed by atoms with E-state index < -0.39 is 5.82 Å². The van der Waals surface area contributed by atoms with Crippen molar-refractivity contribution in [3.63, 3.8) is 0 Å². The maximum Gasteiger partial charge on any atom is 0.236 e. The highest BCUT2D eigenvalue weighted by molar-refractivity contribution is 8.00. The lowest BCUT2D eigenvalue weighted by Crippen LogP contribution is -2.14. The Morgan fingerprint density at radius 3 is 2.76 bits per heavy atom. The van der Waals surface area contributed by atoms with Gasteiger partial charge in [0.25, 0.3) is 0 Å². The third kappa shape index (κ3) is 4.37. The second-order valence-electron chi connectivity index (χ2n) is 4.33. The molecule has 0 unspecified atom stereocenters. The lowest BCUT2D eigenvalue weighted by Gasteiger charge is -2.04. The Morgan fingerprint density at radius 2 is 2.19 bits per heavy atom. The van der Waals surface area contributed by atoms with Crippen LogP contribution in [0.25, 0.3) is 0 Å². The molecule has 0 spiro atoms. The van der Waals surface area contributed by atoms with Gasteiger partial charge in [-0.25, -0.2) is 9.37 Å². The molecule has 0 bridgehead atoms. The summed E-state index contributed by atoms with van der Waals surface area (Å²) in [7, 11) is 0. The Balaban J connectivity index is 1.93. The normalized spacial score (nSPS) is 10.4. The fourth-order valence-corrected chi connectivity index (χ4v) is 2.97. The maximum atomic E-state index is 13.8. The molecule has 0 fully saturated rings. The van der Waals surface area contributed by atoms with Gasteiger partial charge in [-0.3, -0.25) is 9.59 Å². The molecule has 0 saturated heterocycles. The third-order valence-electron chi connectivity index (χ3n) is 2.56. The fourth-order valence-electron chi connectivity index (χ4n) is 1.55. The zero-order chi connectivity index (χ0) is 15.4. The molecule has 0 aliphatic rings. The van der Waals surface area contributed by atoms with Gasteiger partial charge in [-0.05, 0) is 26.0 Å². The molecule has 0 radical (unpaired) electrons. The van der Waals surface area contributed by atoms with Crippen LogP contribution in [0.5, 0.6) is 0 Å². The van der Waals surface area contributed by atoms with Gasteiger partial charge in [0.1, 0.15) is 5.82 Å². The van der Waals surface area contributed by atoms with E-state index in [9.17, 15) is 14.0 Å². The van der Waals surface area contributed by atoms with Crippen molar-refractivity contribution in [3.8, 4) is 0 Å². The SMILES string of the molecule is CC(=O)c1ccc(SCC(=O)Nc2nc(C)cs2)c(F)c1. The lowest BCUT2D eigenvalue weighted by atomic mass is 10.1. The second-order valence-corrected chi connectivity index (χ2v) is 6.21. The summed E-state index contributed by atoms with van der Waals surface area (Å²) in [5.74, 6) is -0.855. The number of carbonyl (C=O) groups excluding carboxylic acids is 2. The zero-order valence-electron chi connectivity index (χ0n) is 11.5. The van der Waals surface area contributed by atoms with Crippen LogP contribution in [0.2, 0.25) is 0 Å². The molecule has 21 heavy (non-hydrogen) atoms. The van der Waals surface area contributed by atoms with Crippen LogP contribution in [0.3, 0.4) is 0 Å². The number of aromatic nitrogens is 1. The summed E-state index contributed by atoms with van der Waals surface area (Å²) >= 11 is 2.42.